The monoisotopic (exact) mass is 296 g/mol. The van der Waals surface area contributed by atoms with Crippen LogP contribution in [0.25, 0.3) is 0 Å². The minimum absolute atomic E-state index is 0.0501. The van der Waals surface area contributed by atoms with Crippen LogP contribution < -0.4 is 5.32 Å². The van der Waals surface area contributed by atoms with Gasteiger partial charge in [-0.25, -0.2) is 0 Å². The number of carboxylic acids is 1. The van der Waals surface area contributed by atoms with Crippen molar-refractivity contribution in [2.24, 2.45) is 5.41 Å². The van der Waals surface area contributed by atoms with Gasteiger partial charge in [0.15, 0.2) is 0 Å². The number of carbonyl (C=O) groups excluding carboxylic acids is 2. The summed E-state index contributed by atoms with van der Waals surface area (Å²) in [6.07, 6.45) is 3.69. The van der Waals surface area contributed by atoms with Gasteiger partial charge in [-0.05, 0) is 31.1 Å². The summed E-state index contributed by atoms with van der Waals surface area (Å²) >= 11 is 0. The zero-order chi connectivity index (χ0) is 15.6. The third-order valence-electron chi connectivity index (χ3n) is 4.06. The molecule has 0 aromatic heterocycles. The molecule has 1 unspecified atom stereocenters. The maximum absolute atomic E-state index is 12.4. The Balaban J connectivity index is 1.93. The second-order valence-corrected chi connectivity index (χ2v) is 6.94. The second-order valence-electron chi connectivity index (χ2n) is 6.94. The highest BCUT2D eigenvalue weighted by molar-refractivity contribution is 5.89. The zero-order valence-electron chi connectivity index (χ0n) is 12.7. The van der Waals surface area contributed by atoms with Gasteiger partial charge in [0.1, 0.15) is 6.04 Å². The number of hydrogen-bond donors (Lipinski definition) is 2. The van der Waals surface area contributed by atoms with E-state index in [2.05, 4.69) is 5.32 Å². The van der Waals surface area contributed by atoms with E-state index in [-0.39, 0.29) is 30.7 Å². The van der Waals surface area contributed by atoms with E-state index in [1.165, 1.54) is 0 Å². The number of likely N-dealkylation sites (tertiary alicyclic amines) is 1. The first-order valence-electron chi connectivity index (χ1n) is 7.60. The maximum Gasteiger partial charge on any atom is 0.303 e. The zero-order valence-corrected chi connectivity index (χ0v) is 12.7. The first-order valence-corrected chi connectivity index (χ1v) is 7.60. The van der Waals surface area contributed by atoms with Crippen LogP contribution in [0.5, 0.6) is 0 Å². The van der Waals surface area contributed by atoms with E-state index >= 15 is 0 Å². The highest BCUT2D eigenvalue weighted by Crippen LogP contribution is 2.29. The molecule has 0 bridgehead atoms. The van der Waals surface area contributed by atoms with Crippen molar-refractivity contribution in [1.82, 2.24) is 10.2 Å². The van der Waals surface area contributed by atoms with Crippen LogP contribution in [-0.4, -0.2) is 46.4 Å². The molecule has 21 heavy (non-hydrogen) atoms. The van der Waals surface area contributed by atoms with Gasteiger partial charge in [-0.2, -0.15) is 0 Å². The number of nitrogens with zero attached hydrogens (tertiary/aromatic N) is 1. The molecule has 0 aromatic rings. The molecule has 6 nitrogen and oxygen atoms in total. The summed E-state index contributed by atoms with van der Waals surface area (Å²) in [6, 6.07) is -0.0859. The molecule has 118 valence electrons. The average Bonchev–Trinajstić information content (AvgIpc) is 3.00. The molecule has 6 heteroatoms. The third-order valence-corrected chi connectivity index (χ3v) is 4.06. The highest BCUT2D eigenvalue weighted by atomic mass is 16.4. The summed E-state index contributed by atoms with van der Waals surface area (Å²) in [6.45, 7) is 4.13. The Labute approximate surface area is 124 Å². The van der Waals surface area contributed by atoms with Crippen LogP contribution in [-0.2, 0) is 14.4 Å². The van der Waals surface area contributed by atoms with Gasteiger partial charge in [-0.1, -0.05) is 13.8 Å². The summed E-state index contributed by atoms with van der Waals surface area (Å²) in [5.74, 6) is -1.08. The molecule has 2 N–H and O–H groups in total. The fraction of sp³-hybridized carbons (Fsp3) is 0.800. The lowest BCUT2D eigenvalue weighted by Crippen LogP contribution is -2.47. The molecule has 1 saturated heterocycles. The Morgan fingerprint density at radius 2 is 1.86 bits per heavy atom. The summed E-state index contributed by atoms with van der Waals surface area (Å²) in [4.78, 5) is 37.0. The molecule has 2 fully saturated rings. The van der Waals surface area contributed by atoms with Crippen molar-refractivity contribution in [3.05, 3.63) is 0 Å². The summed E-state index contributed by atoms with van der Waals surface area (Å²) < 4.78 is 0. The van der Waals surface area contributed by atoms with Gasteiger partial charge in [0, 0.05) is 19.0 Å². The van der Waals surface area contributed by atoms with Crippen molar-refractivity contribution in [3.63, 3.8) is 0 Å². The van der Waals surface area contributed by atoms with Crippen molar-refractivity contribution in [2.75, 3.05) is 6.54 Å². The van der Waals surface area contributed by atoms with E-state index in [0.717, 1.165) is 19.3 Å². The standard InChI is InChI=1S/C15H24N2O4/c1-15(2,9-13(19)20)8-12(18)17-7-3-4-11(17)14(21)16-10-5-6-10/h10-11H,3-9H2,1-2H3,(H,16,21)(H,19,20). The molecule has 1 aliphatic carbocycles. The van der Waals surface area contributed by atoms with Gasteiger partial charge in [0.25, 0.3) is 0 Å². The number of carbonyl (C=O) groups is 3. The summed E-state index contributed by atoms with van der Waals surface area (Å²) in [5.41, 5.74) is -0.594. The fourth-order valence-electron chi connectivity index (χ4n) is 2.85. The van der Waals surface area contributed by atoms with E-state index in [9.17, 15) is 14.4 Å². The van der Waals surface area contributed by atoms with Crippen molar-refractivity contribution in [1.29, 1.82) is 0 Å². The van der Waals surface area contributed by atoms with E-state index in [1.807, 2.05) is 0 Å². The van der Waals surface area contributed by atoms with Crippen LogP contribution in [0.2, 0.25) is 0 Å². The number of amides is 2. The summed E-state index contributed by atoms with van der Waals surface area (Å²) in [7, 11) is 0. The van der Waals surface area contributed by atoms with Crippen molar-refractivity contribution in [3.8, 4) is 0 Å². The van der Waals surface area contributed by atoms with Crippen LogP contribution in [0.15, 0.2) is 0 Å². The van der Waals surface area contributed by atoms with Gasteiger partial charge < -0.3 is 15.3 Å². The van der Waals surface area contributed by atoms with Crippen LogP contribution in [0.1, 0.15) is 52.4 Å². The van der Waals surface area contributed by atoms with Gasteiger partial charge in [-0.3, -0.25) is 14.4 Å². The fourth-order valence-corrected chi connectivity index (χ4v) is 2.85. The van der Waals surface area contributed by atoms with Crippen LogP contribution in [0.4, 0.5) is 0 Å². The van der Waals surface area contributed by atoms with Crippen LogP contribution >= 0.6 is 0 Å². The van der Waals surface area contributed by atoms with E-state index in [4.69, 9.17) is 5.11 Å². The number of nitrogens with one attached hydrogen (secondary N) is 1. The lowest BCUT2D eigenvalue weighted by Gasteiger charge is -2.28. The lowest BCUT2D eigenvalue weighted by atomic mass is 9.85. The molecule has 0 aromatic carbocycles. The Kier molecular flexibility index (Phi) is 4.54. The topological polar surface area (TPSA) is 86.7 Å². The van der Waals surface area contributed by atoms with Gasteiger partial charge in [0.2, 0.25) is 11.8 Å². The molecule has 1 saturated carbocycles. The molecule has 0 spiro atoms. The Hall–Kier alpha value is -1.59. The minimum atomic E-state index is -0.905. The van der Waals surface area contributed by atoms with Crippen molar-refractivity contribution in [2.45, 2.75) is 64.5 Å². The van der Waals surface area contributed by atoms with Crippen LogP contribution in [0, 0.1) is 5.41 Å². The SMILES string of the molecule is CC(C)(CC(=O)O)CC(=O)N1CCCC1C(=O)NC1CC1. The molecular formula is C15H24N2O4. The normalized spacial score (nSPS) is 22.2. The average molecular weight is 296 g/mol. The molecule has 2 aliphatic rings. The smallest absolute Gasteiger partial charge is 0.303 e. The second kappa shape index (κ2) is 6.03. The number of hydrogen-bond acceptors (Lipinski definition) is 3. The number of rotatable bonds is 6. The quantitative estimate of drug-likeness (QED) is 0.769. The Morgan fingerprint density at radius 1 is 1.19 bits per heavy atom. The molecule has 1 aliphatic heterocycles. The van der Waals surface area contributed by atoms with Gasteiger partial charge in [0.05, 0.1) is 6.42 Å². The Morgan fingerprint density at radius 3 is 2.43 bits per heavy atom. The molecular weight excluding hydrogens is 272 g/mol. The molecule has 2 rings (SSSR count). The Bertz CT molecular complexity index is 443. The largest absolute Gasteiger partial charge is 0.481 e. The van der Waals surface area contributed by atoms with Gasteiger partial charge in [-0.15, -0.1) is 0 Å². The number of aliphatic carboxylic acids is 1. The number of carboxylic acid groups (broad SMARTS) is 1. The van der Waals surface area contributed by atoms with Crippen LogP contribution in [0.3, 0.4) is 0 Å². The third kappa shape index (κ3) is 4.44. The summed E-state index contributed by atoms with van der Waals surface area (Å²) in [5, 5.41) is 11.8. The lowest BCUT2D eigenvalue weighted by molar-refractivity contribution is -0.143. The minimum Gasteiger partial charge on any atom is -0.481 e. The predicted molar refractivity (Wildman–Crippen MR) is 76.6 cm³/mol. The van der Waals surface area contributed by atoms with E-state index < -0.39 is 11.4 Å². The van der Waals surface area contributed by atoms with Crippen molar-refractivity contribution >= 4 is 17.8 Å². The van der Waals surface area contributed by atoms with Crippen molar-refractivity contribution < 1.29 is 19.5 Å². The van der Waals surface area contributed by atoms with E-state index in [0.29, 0.717) is 19.0 Å². The first kappa shape index (κ1) is 15.8. The van der Waals surface area contributed by atoms with E-state index in [1.54, 1.807) is 18.7 Å². The first-order chi connectivity index (χ1) is 9.78. The molecule has 1 heterocycles. The predicted octanol–water partition coefficient (Wildman–Crippen LogP) is 1.15. The highest BCUT2D eigenvalue weighted by Gasteiger charge is 2.38. The molecule has 1 atom stereocenters. The molecule has 2 amide bonds. The molecule has 0 radical (unpaired) electrons. The van der Waals surface area contributed by atoms with Gasteiger partial charge >= 0.3 is 5.97 Å². The maximum atomic E-state index is 12.4.